The first-order valence-electron chi connectivity index (χ1n) is 22.1. The van der Waals surface area contributed by atoms with Gasteiger partial charge in [-0.15, -0.1) is 11.8 Å². The van der Waals surface area contributed by atoms with Crippen molar-refractivity contribution in [1.82, 2.24) is 19.7 Å². The van der Waals surface area contributed by atoms with Gasteiger partial charge in [0, 0.05) is 102 Å². The van der Waals surface area contributed by atoms with Gasteiger partial charge < -0.3 is 39.9 Å². The molecular formula is C51H54ClN7O6S2. The lowest BCUT2D eigenvalue weighted by atomic mass is 9.95. The van der Waals surface area contributed by atoms with Crippen LogP contribution in [-0.2, 0) is 17.5 Å². The maximum atomic E-state index is 14.3. The van der Waals surface area contributed by atoms with Crippen molar-refractivity contribution in [3.05, 3.63) is 159 Å². The SMILES string of the molecule is CN1CCN(CCCNC(=O)c2c(-c3cccc(C#Cc4ccc(NS(=O)c5ccc(NCCSc6ccccc6)c([N+](=O)[O-])c5)cc4)c3)c(-c3ccc(Cl)cc3)cn2CCC(O)CO)CC1. The van der Waals surface area contributed by atoms with Gasteiger partial charge in [0.15, 0.2) is 11.0 Å². The molecule has 7 rings (SSSR count). The Bertz CT molecular complexity index is 2700. The monoisotopic (exact) mass is 959 g/mol. The van der Waals surface area contributed by atoms with Crippen LogP contribution in [0, 0.1) is 22.0 Å². The van der Waals surface area contributed by atoms with E-state index in [-0.39, 0.29) is 29.5 Å². The summed E-state index contributed by atoms with van der Waals surface area (Å²) in [6.45, 7) is 5.84. The number of amides is 1. The largest absolute Gasteiger partial charge is 0.394 e. The van der Waals surface area contributed by atoms with Gasteiger partial charge in [0.2, 0.25) is 0 Å². The van der Waals surface area contributed by atoms with Crippen molar-refractivity contribution in [2.24, 2.45) is 0 Å². The molecule has 16 heteroatoms. The summed E-state index contributed by atoms with van der Waals surface area (Å²) in [7, 11) is 0.349. The Labute approximate surface area is 403 Å². The van der Waals surface area contributed by atoms with E-state index >= 15 is 0 Å². The number of carbonyl (C=O) groups excluding carboxylic acids is 1. The summed E-state index contributed by atoms with van der Waals surface area (Å²) < 4.78 is 18.1. The number of likely N-dealkylation sites (N-methyl/N-ethyl adjacent to an activating group) is 1. The van der Waals surface area contributed by atoms with Crippen LogP contribution in [0.3, 0.4) is 0 Å². The molecular weight excluding hydrogens is 906 g/mol. The van der Waals surface area contributed by atoms with E-state index in [0.29, 0.717) is 64.2 Å². The number of aryl methyl sites for hydroxylation is 1. The Kier molecular flexibility index (Phi) is 17.7. The summed E-state index contributed by atoms with van der Waals surface area (Å²) in [6, 6.07) is 36.6. The number of anilines is 2. The van der Waals surface area contributed by atoms with Gasteiger partial charge in [0.1, 0.15) is 11.4 Å². The molecule has 0 spiro atoms. The van der Waals surface area contributed by atoms with E-state index in [1.165, 1.54) is 6.07 Å². The summed E-state index contributed by atoms with van der Waals surface area (Å²) >= 11 is 7.95. The van der Waals surface area contributed by atoms with Crippen molar-refractivity contribution in [1.29, 1.82) is 0 Å². The molecule has 6 aromatic rings. The normalized spacial score (nSPS) is 13.9. The molecule has 5 N–H and O–H groups in total. The van der Waals surface area contributed by atoms with Gasteiger partial charge in [-0.25, -0.2) is 4.21 Å². The molecule has 5 aromatic carbocycles. The Morgan fingerprint density at radius 3 is 2.36 bits per heavy atom. The van der Waals surface area contributed by atoms with Crippen LogP contribution < -0.4 is 15.4 Å². The second-order valence-electron chi connectivity index (χ2n) is 16.1. The molecule has 0 saturated carbocycles. The van der Waals surface area contributed by atoms with Crippen molar-refractivity contribution >= 4 is 57.3 Å². The Morgan fingerprint density at radius 2 is 1.63 bits per heavy atom. The van der Waals surface area contributed by atoms with Crippen LogP contribution in [0.1, 0.15) is 34.5 Å². The Morgan fingerprint density at radius 1 is 0.881 bits per heavy atom. The second kappa shape index (κ2) is 24.2. The summed E-state index contributed by atoms with van der Waals surface area (Å²) in [5.41, 5.74) is 5.73. The molecule has 2 heterocycles. The highest BCUT2D eigenvalue weighted by atomic mass is 35.5. The van der Waals surface area contributed by atoms with Gasteiger partial charge in [0.05, 0.1) is 22.5 Å². The minimum atomic E-state index is -1.78. The molecule has 1 aliphatic rings. The molecule has 1 aromatic heterocycles. The van der Waals surface area contributed by atoms with Crippen LogP contribution in [0.25, 0.3) is 22.3 Å². The summed E-state index contributed by atoms with van der Waals surface area (Å²) in [6.07, 6.45) is 2.02. The molecule has 67 heavy (non-hydrogen) atoms. The number of aliphatic hydroxyl groups excluding tert-OH is 2. The number of nitrogens with one attached hydrogen (secondary N) is 3. The zero-order chi connectivity index (χ0) is 47.1. The second-order valence-corrected chi connectivity index (χ2v) is 19.0. The predicted octanol–water partition coefficient (Wildman–Crippen LogP) is 8.23. The van der Waals surface area contributed by atoms with Gasteiger partial charge in [-0.05, 0) is 110 Å². The summed E-state index contributed by atoms with van der Waals surface area (Å²) in [5.74, 6) is 6.94. The summed E-state index contributed by atoms with van der Waals surface area (Å²) in [4.78, 5) is 31.9. The van der Waals surface area contributed by atoms with Crippen LogP contribution in [-0.4, -0.2) is 111 Å². The Balaban J connectivity index is 1.07. The number of nitrogens with zero attached hydrogens (tertiary/aromatic N) is 4. The lowest BCUT2D eigenvalue weighted by Gasteiger charge is -2.32. The lowest BCUT2D eigenvalue weighted by molar-refractivity contribution is -0.384. The number of aliphatic hydroxyl groups is 2. The summed E-state index contributed by atoms with van der Waals surface area (Å²) in [5, 5.41) is 38.8. The molecule has 1 aliphatic heterocycles. The first-order chi connectivity index (χ1) is 32.5. The number of piperazine rings is 1. The number of hydrogen-bond acceptors (Lipinski definition) is 10. The number of thioether (sulfide) groups is 1. The van der Waals surface area contributed by atoms with E-state index in [0.717, 1.165) is 60.7 Å². The van der Waals surface area contributed by atoms with Gasteiger partial charge in [-0.2, -0.15) is 0 Å². The van der Waals surface area contributed by atoms with E-state index in [4.69, 9.17) is 11.6 Å². The zero-order valence-electron chi connectivity index (χ0n) is 37.2. The van der Waals surface area contributed by atoms with Crippen LogP contribution in [0.5, 0.6) is 0 Å². The first-order valence-corrected chi connectivity index (χ1v) is 24.6. The lowest BCUT2D eigenvalue weighted by Crippen LogP contribution is -2.45. The standard InChI is InChI=1S/C51H54ClN7O6S2/c1-56-28-30-57(31-29-56)26-6-24-54-51(62)50-49(46(39-15-17-41(52)18-16-39)35-58(50)27-23-43(61)36-60)40-8-5-7-38(33-40)12-11-37-13-19-42(20-14-37)55-67(65)45-21-22-47(48(34-45)59(63)64)53-25-32-66-44-9-3-2-4-10-44/h2-5,7-10,13-22,33-35,43,53,55,60-61H,6,23-32,36H2,1H3,(H,54,62). The van der Waals surface area contributed by atoms with Crippen LogP contribution in [0.15, 0.2) is 137 Å². The van der Waals surface area contributed by atoms with Gasteiger partial charge in [-0.3, -0.25) is 14.9 Å². The molecule has 0 aliphatic carbocycles. The molecule has 1 fully saturated rings. The third-order valence-electron chi connectivity index (χ3n) is 11.3. The molecule has 1 amide bonds. The number of halogens is 1. The van der Waals surface area contributed by atoms with Crippen molar-refractivity contribution in [3.63, 3.8) is 0 Å². The highest BCUT2D eigenvalue weighted by Crippen LogP contribution is 2.38. The quantitative estimate of drug-likeness (QED) is 0.0166. The molecule has 1 saturated heterocycles. The number of nitro groups is 1. The van der Waals surface area contributed by atoms with Crippen molar-refractivity contribution < 1.29 is 24.1 Å². The van der Waals surface area contributed by atoms with E-state index in [1.54, 1.807) is 48.2 Å². The predicted molar refractivity (Wildman–Crippen MR) is 270 cm³/mol. The topological polar surface area (TPSA) is 165 Å². The highest BCUT2D eigenvalue weighted by molar-refractivity contribution is 7.99. The minimum absolute atomic E-state index is 0.157. The number of hydrogen-bond donors (Lipinski definition) is 5. The van der Waals surface area contributed by atoms with Crippen LogP contribution in [0.4, 0.5) is 17.1 Å². The Hall–Kier alpha value is -5.96. The van der Waals surface area contributed by atoms with Crippen molar-refractivity contribution in [3.8, 4) is 34.1 Å². The van der Waals surface area contributed by atoms with E-state index in [2.05, 4.69) is 44.0 Å². The fourth-order valence-electron chi connectivity index (χ4n) is 7.64. The maximum Gasteiger partial charge on any atom is 0.293 e. The van der Waals surface area contributed by atoms with Crippen LogP contribution >= 0.6 is 23.4 Å². The first kappa shape index (κ1) is 49.0. The van der Waals surface area contributed by atoms with Gasteiger partial charge >= 0.3 is 0 Å². The smallest absolute Gasteiger partial charge is 0.293 e. The minimum Gasteiger partial charge on any atom is -0.394 e. The third-order valence-corrected chi connectivity index (χ3v) is 13.7. The van der Waals surface area contributed by atoms with E-state index in [9.17, 15) is 29.3 Å². The van der Waals surface area contributed by atoms with Crippen molar-refractivity contribution in [2.45, 2.75) is 35.3 Å². The number of rotatable bonds is 20. The van der Waals surface area contributed by atoms with Gasteiger partial charge in [0.25, 0.3) is 11.6 Å². The molecule has 2 atom stereocenters. The number of carbonyl (C=O) groups is 1. The molecule has 2 unspecified atom stereocenters. The number of nitro benzene ring substituents is 1. The van der Waals surface area contributed by atoms with Crippen LogP contribution in [0.2, 0.25) is 5.02 Å². The zero-order valence-corrected chi connectivity index (χ0v) is 39.6. The average molecular weight is 961 g/mol. The number of aromatic nitrogens is 1. The molecule has 0 radical (unpaired) electrons. The number of benzene rings is 5. The average Bonchev–Trinajstić information content (AvgIpc) is 3.74. The molecule has 0 bridgehead atoms. The maximum absolute atomic E-state index is 14.3. The molecule has 348 valence electrons. The fraction of sp³-hybridized carbons (Fsp3) is 0.275. The molecule has 13 nitrogen and oxygen atoms in total. The third kappa shape index (κ3) is 13.8. The van der Waals surface area contributed by atoms with Gasteiger partial charge in [-0.1, -0.05) is 65.9 Å². The van der Waals surface area contributed by atoms with E-state index in [1.807, 2.05) is 89.6 Å². The van der Waals surface area contributed by atoms with E-state index < -0.39 is 22.0 Å². The highest BCUT2D eigenvalue weighted by Gasteiger charge is 2.25. The fourth-order valence-corrected chi connectivity index (χ4v) is 9.43. The van der Waals surface area contributed by atoms with Crippen molar-refractivity contribution in [2.75, 3.05) is 75.3 Å².